The van der Waals surface area contributed by atoms with E-state index < -0.39 is 0 Å². The highest BCUT2D eigenvalue weighted by Crippen LogP contribution is 2.21. The number of nitrogens with two attached hydrogens (primary N) is 1. The van der Waals surface area contributed by atoms with Crippen molar-refractivity contribution in [2.45, 2.75) is 6.92 Å². The molecular weight excluding hydrogens is 206 g/mol. The van der Waals surface area contributed by atoms with Crippen molar-refractivity contribution in [3.05, 3.63) is 24.3 Å². The Kier molecular flexibility index (Phi) is 2.52. The standard InChI is InChI=1S/C11H13N3O2/c1-2-13-7-10(15)14(11(13)16)9-5-3-8(12)4-6-9/h3-6H,2,7,12H2,1H3. The number of likely N-dealkylation sites (N-methyl/N-ethyl adjacent to an activating group) is 1. The van der Waals surface area contributed by atoms with Crippen molar-refractivity contribution < 1.29 is 9.59 Å². The van der Waals surface area contributed by atoms with Crippen LogP contribution in [0.1, 0.15) is 6.92 Å². The Morgan fingerprint density at radius 3 is 2.38 bits per heavy atom. The molecule has 0 bridgehead atoms. The molecule has 0 spiro atoms. The molecule has 1 fully saturated rings. The normalized spacial score (nSPS) is 16.1. The van der Waals surface area contributed by atoms with Gasteiger partial charge < -0.3 is 10.6 Å². The molecule has 5 heteroatoms. The van der Waals surface area contributed by atoms with E-state index in [-0.39, 0.29) is 18.5 Å². The van der Waals surface area contributed by atoms with Crippen molar-refractivity contribution in [3.8, 4) is 0 Å². The number of carbonyl (C=O) groups is 2. The van der Waals surface area contributed by atoms with Gasteiger partial charge >= 0.3 is 6.03 Å². The molecule has 2 rings (SSSR count). The number of hydrogen-bond acceptors (Lipinski definition) is 3. The first-order chi connectivity index (χ1) is 7.63. The summed E-state index contributed by atoms with van der Waals surface area (Å²) in [6.07, 6.45) is 0. The number of carbonyl (C=O) groups excluding carboxylic acids is 2. The van der Waals surface area contributed by atoms with Gasteiger partial charge in [0, 0.05) is 12.2 Å². The Balaban J connectivity index is 2.31. The highest BCUT2D eigenvalue weighted by Gasteiger charge is 2.35. The molecule has 84 valence electrons. The summed E-state index contributed by atoms with van der Waals surface area (Å²) in [5.41, 5.74) is 6.73. The van der Waals surface area contributed by atoms with Crippen LogP contribution in [0.15, 0.2) is 24.3 Å². The second-order valence-corrected chi connectivity index (χ2v) is 3.62. The lowest BCUT2D eigenvalue weighted by molar-refractivity contribution is -0.116. The molecule has 3 amide bonds. The molecule has 1 saturated heterocycles. The van der Waals surface area contributed by atoms with E-state index in [0.717, 1.165) is 0 Å². The zero-order valence-corrected chi connectivity index (χ0v) is 9.01. The fraction of sp³-hybridized carbons (Fsp3) is 0.273. The van der Waals surface area contributed by atoms with Gasteiger partial charge in [-0.05, 0) is 31.2 Å². The molecule has 16 heavy (non-hydrogen) atoms. The van der Waals surface area contributed by atoms with Crippen molar-refractivity contribution in [3.63, 3.8) is 0 Å². The molecule has 1 aromatic rings. The molecule has 0 radical (unpaired) electrons. The van der Waals surface area contributed by atoms with Gasteiger partial charge in [-0.2, -0.15) is 0 Å². The van der Waals surface area contributed by atoms with Gasteiger partial charge in [0.1, 0.15) is 6.54 Å². The van der Waals surface area contributed by atoms with Crippen molar-refractivity contribution in [2.75, 3.05) is 23.7 Å². The van der Waals surface area contributed by atoms with Gasteiger partial charge in [-0.25, -0.2) is 9.69 Å². The highest BCUT2D eigenvalue weighted by atomic mass is 16.2. The topological polar surface area (TPSA) is 66.6 Å². The molecule has 0 aliphatic carbocycles. The third-order valence-electron chi connectivity index (χ3n) is 2.57. The number of benzene rings is 1. The third-order valence-corrected chi connectivity index (χ3v) is 2.57. The minimum absolute atomic E-state index is 0.152. The van der Waals surface area contributed by atoms with Gasteiger partial charge in [-0.3, -0.25) is 4.79 Å². The summed E-state index contributed by atoms with van der Waals surface area (Å²) in [4.78, 5) is 26.2. The second kappa shape index (κ2) is 3.84. The molecular formula is C11H13N3O2. The fourth-order valence-corrected chi connectivity index (χ4v) is 1.67. The Hall–Kier alpha value is -2.04. The van der Waals surface area contributed by atoms with Crippen LogP contribution in [0.2, 0.25) is 0 Å². The van der Waals surface area contributed by atoms with E-state index in [4.69, 9.17) is 5.73 Å². The summed E-state index contributed by atoms with van der Waals surface area (Å²) in [6.45, 7) is 2.54. The van der Waals surface area contributed by atoms with Crippen LogP contribution in [0.3, 0.4) is 0 Å². The molecule has 5 nitrogen and oxygen atoms in total. The zero-order chi connectivity index (χ0) is 11.7. The van der Waals surface area contributed by atoms with E-state index in [2.05, 4.69) is 0 Å². The maximum Gasteiger partial charge on any atom is 0.331 e. The molecule has 0 atom stereocenters. The first-order valence-corrected chi connectivity index (χ1v) is 5.11. The van der Waals surface area contributed by atoms with E-state index in [1.165, 1.54) is 9.80 Å². The highest BCUT2D eigenvalue weighted by molar-refractivity contribution is 6.19. The Morgan fingerprint density at radius 1 is 1.25 bits per heavy atom. The zero-order valence-electron chi connectivity index (χ0n) is 9.01. The van der Waals surface area contributed by atoms with Gasteiger partial charge in [0.05, 0.1) is 5.69 Å². The first kappa shape index (κ1) is 10.5. The van der Waals surface area contributed by atoms with Crippen molar-refractivity contribution in [2.24, 2.45) is 0 Å². The quantitative estimate of drug-likeness (QED) is 0.597. The Bertz CT molecular complexity index is 427. The molecule has 0 unspecified atom stereocenters. The van der Waals surface area contributed by atoms with E-state index in [0.29, 0.717) is 17.9 Å². The van der Waals surface area contributed by atoms with Crippen LogP contribution < -0.4 is 10.6 Å². The minimum Gasteiger partial charge on any atom is -0.399 e. The summed E-state index contributed by atoms with van der Waals surface area (Å²) in [7, 11) is 0. The minimum atomic E-state index is -0.266. The predicted molar refractivity (Wildman–Crippen MR) is 61.0 cm³/mol. The number of hydrogen-bond donors (Lipinski definition) is 1. The maximum atomic E-state index is 11.8. The molecule has 0 saturated carbocycles. The molecule has 1 heterocycles. The number of urea groups is 1. The SMILES string of the molecule is CCN1CC(=O)N(c2ccc(N)cc2)C1=O. The predicted octanol–water partition coefficient (Wildman–Crippen LogP) is 1.06. The number of anilines is 2. The number of imide groups is 1. The molecule has 2 N–H and O–H groups in total. The molecule has 1 aromatic carbocycles. The number of nitrogens with zero attached hydrogens (tertiary/aromatic N) is 2. The summed E-state index contributed by atoms with van der Waals surface area (Å²) >= 11 is 0. The second-order valence-electron chi connectivity index (χ2n) is 3.62. The van der Waals surface area contributed by atoms with Crippen LogP contribution in [-0.2, 0) is 4.79 Å². The summed E-state index contributed by atoms with van der Waals surface area (Å²) < 4.78 is 0. The number of nitrogen functional groups attached to an aromatic ring is 1. The molecule has 0 aromatic heterocycles. The molecule has 1 aliphatic heterocycles. The average molecular weight is 219 g/mol. The van der Waals surface area contributed by atoms with Crippen molar-refractivity contribution in [1.82, 2.24) is 4.90 Å². The van der Waals surface area contributed by atoms with Gasteiger partial charge in [0.25, 0.3) is 5.91 Å². The van der Waals surface area contributed by atoms with Crippen LogP contribution in [0.4, 0.5) is 16.2 Å². The lowest BCUT2D eigenvalue weighted by atomic mass is 10.2. The van der Waals surface area contributed by atoms with Gasteiger partial charge in [0.15, 0.2) is 0 Å². The van der Waals surface area contributed by atoms with Crippen LogP contribution in [0.25, 0.3) is 0 Å². The van der Waals surface area contributed by atoms with Crippen LogP contribution in [-0.4, -0.2) is 29.9 Å². The van der Waals surface area contributed by atoms with Crippen LogP contribution in [0.5, 0.6) is 0 Å². The fourth-order valence-electron chi connectivity index (χ4n) is 1.67. The van der Waals surface area contributed by atoms with Crippen LogP contribution >= 0.6 is 0 Å². The average Bonchev–Trinajstić information content (AvgIpc) is 2.56. The largest absolute Gasteiger partial charge is 0.399 e. The first-order valence-electron chi connectivity index (χ1n) is 5.11. The van der Waals surface area contributed by atoms with Gasteiger partial charge in [-0.1, -0.05) is 0 Å². The monoisotopic (exact) mass is 219 g/mol. The van der Waals surface area contributed by atoms with Gasteiger partial charge in [0.2, 0.25) is 0 Å². The van der Waals surface area contributed by atoms with E-state index >= 15 is 0 Å². The third kappa shape index (κ3) is 1.60. The summed E-state index contributed by atoms with van der Waals surface area (Å²) in [5, 5.41) is 0. The number of rotatable bonds is 2. The van der Waals surface area contributed by atoms with E-state index in [1.807, 2.05) is 6.92 Å². The maximum absolute atomic E-state index is 11.8. The summed E-state index contributed by atoms with van der Waals surface area (Å²) in [5.74, 6) is -0.198. The van der Waals surface area contributed by atoms with E-state index in [1.54, 1.807) is 24.3 Å². The Morgan fingerprint density at radius 2 is 1.88 bits per heavy atom. The van der Waals surface area contributed by atoms with Crippen molar-refractivity contribution >= 4 is 23.3 Å². The van der Waals surface area contributed by atoms with Crippen LogP contribution in [0, 0.1) is 0 Å². The lowest BCUT2D eigenvalue weighted by Gasteiger charge is -2.15. The number of amides is 3. The van der Waals surface area contributed by atoms with Gasteiger partial charge in [-0.15, -0.1) is 0 Å². The molecule has 1 aliphatic rings. The van der Waals surface area contributed by atoms with Crippen molar-refractivity contribution in [1.29, 1.82) is 0 Å². The lowest BCUT2D eigenvalue weighted by Crippen LogP contribution is -2.32. The van der Waals surface area contributed by atoms with E-state index in [9.17, 15) is 9.59 Å². The Labute approximate surface area is 93.4 Å². The summed E-state index contributed by atoms with van der Waals surface area (Å²) in [6, 6.07) is 6.42. The smallest absolute Gasteiger partial charge is 0.331 e.